The molecular weight excluding hydrogens is 272 g/mol. The van der Waals surface area contributed by atoms with Crippen molar-refractivity contribution in [1.82, 2.24) is 10.2 Å². The van der Waals surface area contributed by atoms with Crippen molar-refractivity contribution in [3.63, 3.8) is 0 Å². The second-order valence-corrected chi connectivity index (χ2v) is 5.53. The van der Waals surface area contributed by atoms with Crippen molar-refractivity contribution < 1.29 is 19.1 Å². The molecule has 1 aromatic carbocycles. The third-order valence-corrected chi connectivity index (χ3v) is 3.38. The van der Waals surface area contributed by atoms with Crippen LogP contribution >= 0.6 is 0 Å². The fourth-order valence-corrected chi connectivity index (χ4v) is 2.07. The summed E-state index contributed by atoms with van der Waals surface area (Å²) in [6.07, 6.45) is 0. The van der Waals surface area contributed by atoms with Crippen LogP contribution in [0.25, 0.3) is 0 Å². The number of benzene rings is 1. The standard InChI is InChI=1S/C15H18N2O4/c1-10-6-4-5-7-11(10)9-21-12(18)8-17-13(19)15(2,3)16-14(17)20/h4-7H,8-9H2,1-3H3,(H,16,20). The maximum atomic E-state index is 11.9. The van der Waals surface area contributed by atoms with Crippen molar-refractivity contribution in [3.05, 3.63) is 35.4 Å². The van der Waals surface area contributed by atoms with Crippen LogP contribution in [0.1, 0.15) is 25.0 Å². The fraction of sp³-hybridized carbons (Fsp3) is 0.400. The molecule has 1 aromatic rings. The minimum absolute atomic E-state index is 0.124. The number of hydrogen-bond donors (Lipinski definition) is 1. The van der Waals surface area contributed by atoms with Crippen molar-refractivity contribution >= 4 is 17.9 Å². The van der Waals surface area contributed by atoms with Crippen LogP contribution in [0.5, 0.6) is 0 Å². The monoisotopic (exact) mass is 290 g/mol. The zero-order valence-corrected chi connectivity index (χ0v) is 12.3. The van der Waals surface area contributed by atoms with Crippen LogP contribution in [-0.4, -0.2) is 34.9 Å². The number of nitrogens with zero attached hydrogens (tertiary/aromatic N) is 1. The number of ether oxygens (including phenoxy) is 1. The largest absolute Gasteiger partial charge is 0.459 e. The van der Waals surface area contributed by atoms with Crippen LogP contribution in [0.2, 0.25) is 0 Å². The van der Waals surface area contributed by atoms with E-state index in [1.165, 1.54) is 0 Å². The molecule has 1 aliphatic heterocycles. The van der Waals surface area contributed by atoms with Crippen molar-refractivity contribution in [2.24, 2.45) is 0 Å². The Labute approximate surface area is 123 Å². The zero-order chi connectivity index (χ0) is 15.6. The van der Waals surface area contributed by atoms with Gasteiger partial charge in [-0.15, -0.1) is 0 Å². The fourth-order valence-electron chi connectivity index (χ4n) is 2.07. The first kappa shape index (κ1) is 15.0. The highest BCUT2D eigenvalue weighted by atomic mass is 16.5. The lowest BCUT2D eigenvalue weighted by Gasteiger charge is -2.15. The Morgan fingerprint density at radius 3 is 2.52 bits per heavy atom. The van der Waals surface area contributed by atoms with E-state index in [0.717, 1.165) is 16.0 Å². The van der Waals surface area contributed by atoms with Gasteiger partial charge in [0.1, 0.15) is 18.7 Å². The molecule has 2 rings (SSSR count). The lowest BCUT2D eigenvalue weighted by Crippen LogP contribution is -2.41. The van der Waals surface area contributed by atoms with Crippen molar-refractivity contribution in [1.29, 1.82) is 0 Å². The van der Waals surface area contributed by atoms with Crippen molar-refractivity contribution in [2.75, 3.05) is 6.54 Å². The first-order chi connectivity index (χ1) is 9.81. The van der Waals surface area contributed by atoms with E-state index in [1.54, 1.807) is 13.8 Å². The molecule has 0 radical (unpaired) electrons. The minimum atomic E-state index is -0.979. The van der Waals surface area contributed by atoms with E-state index in [1.807, 2.05) is 31.2 Å². The Hall–Kier alpha value is -2.37. The van der Waals surface area contributed by atoms with Gasteiger partial charge in [-0.05, 0) is 31.9 Å². The quantitative estimate of drug-likeness (QED) is 0.671. The molecule has 1 saturated heterocycles. The molecule has 0 bridgehead atoms. The van der Waals surface area contributed by atoms with Gasteiger partial charge in [0.2, 0.25) is 0 Å². The first-order valence-electron chi connectivity index (χ1n) is 6.65. The highest BCUT2D eigenvalue weighted by Gasteiger charge is 2.45. The molecule has 6 heteroatoms. The van der Waals surface area contributed by atoms with E-state index in [-0.39, 0.29) is 13.2 Å². The molecule has 0 aromatic heterocycles. The molecule has 1 N–H and O–H groups in total. The Kier molecular flexibility index (Phi) is 3.97. The van der Waals surface area contributed by atoms with Crippen LogP contribution in [-0.2, 0) is 20.9 Å². The Morgan fingerprint density at radius 1 is 1.29 bits per heavy atom. The molecule has 0 saturated carbocycles. The van der Waals surface area contributed by atoms with Gasteiger partial charge in [0.05, 0.1) is 0 Å². The first-order valence-corrected chi connectivity index (χ1v) is 6.65. The summed E-state index contributed by atoms with van der Waals surface area (Å²) in [4.78, 5) is 36.3. The number of hydrogen-bond acceptors (Lipinski definition) is 4. The van der Waals surface area contributed by atoms with Gasteiger partial charge in [-0.2, -0.15) is 0 Å². The Bertz CT molecular complexity index is 595. The third-order valence-electron chi connectivity index (χ3n) is 3.38. The molecule has 21 heavy (non-hydrogen) atoms. The summed E-state index contributed by atoms with van der Waals surface area (Å²) in [6.45, 7) is 4.85. The summed E-state index contributed by atoms with van der Waals surface area (Å²) in [5, 5.41) is 2.51. The topological polar surface area (TPSA) is 75.7 Å². The average Bonchev–Trinajstić information content (AvgIpc) is 2.60. The van der Waals surface area contributed by atoms with Crippen LogP contribution in [0.15, 0.2) is 24.3 Å². The van der Waals surface area contributed by atoms with Crippen LogP contribution < -0.4 is 5.32 Å². The molecule has 0 unspecified atom stereocenters. The van der Waals surface area contributed by atoms with E-state index in [0.29, 0.717) is 0 Å². The van der Waals surface area contributed by atoms with Gasteiger partial charge in [0.25, 0.3) is 5.91 Å². The molecule has 0 spiro atoms. The lowest BCUT2D eigenvalue weighted by atomic mass is 10.1. The highest BCUT2D eigenvalue weighted by Crippen LogP contribution is 2.16. The summed E-state index contributed by atoms with van der Waals surface area (Å²) >= 11 is 0. The molecule has 112 valence electrons. The van der Waals surface area contributed by atoms with Gasteiger partial charge in [-0.1, -0.05) is 24.3 Å². The average molecular weight is 290 g/mol. The normalized spacial score (nSPS) is 16.8. The van der Waals surface area contributed by atoms with Crippen LogP contribution in [0, 0.1) is 6.92 Å². The summed E-state index contributed by atoms with van der Waals surface area (Å²) in [5.41, 5.74) is 0.928. The summed E-state index contributed by atoms with van der Waals surface area (Å²) in [7, 11) is 0. The number of esters is 1. The highest BCUT2D eigenvalue weighted by molar-refractivity contribution is 6.08. The van der Waals surface area contributed by atoms with Gasteiger partial charge >= 0.3 is 12.0 Å². The van der Waals surface area contributed by atoms with Gasteiger partial charge in [0.15, 0.2) is 0 Å². The van der Waals surface area contributed by atoms with E-state index in [4.69, 9.17) is 4.74 Å². The third kappa shape index (κ3) is 3.21. The smallest absolute Gasteiger partial charge is 0.326 e. The molecule has 1 aliphatic rings. The Balaban J connectivity index is 1.93. The van der Waals surface area contributed by atoms with Crippen LogP contribution in [0.4, 0.5) is 4.79 Å². The maximum Gasteiger partial charge on any atom is 0.326 e. The van der Waals surface area contributed by atoms with Gasteiger partial charge in [-0.3, -0.25) is 14.5 Å². The predicted molar refractivity (Wildman–Crippen MR) is 75.3 cm³/mol. The molecule has 1 heterocycles. The molecule has 1 fully saturated rings. The lowest BCUT2D eigenvalue weighted by molar-refractivity contribution is -0.148. The molecule has 3 amide bonds. The number of rotatable bonds is 4. The molecule has 6 nitrogen and oxygen atoms in total. The molecular formula is C15H18N2O4. The second kappa shape index (κ2) is 5.55. The van der Waals surface area contributed by atoms with E-state index in [2.05, 4.69) is 5.32 Å². The van der Waals surface area contributed by atoms with Gasteiger partial charge < -0.3 is 10.1 Å². The predicted octanol–water partition coefficient (Wildman–Crippen LogP) is 1.37. The number of carbonyl (C=O) groups excluding carboxylic acids is 3. The molecule has 0 atom stereocenters. The minimum Gasteiger partial charge on any atom is -0.459 e. The maximum absolute atomic E-state index is 11.9. The number of imide groups is 1. The van der Waals surface area contributed by atoms with E-state index < -0.39 is 23.4 Å². The van der Waals surface area contributed by atoms with Crippen molar-refractivity contribution in [3.8, 4) is 0 Å². The second-order valence-electron chi connectivity index (χ2n) is 5.53. The number of amides is 3. The summed E-state index contributed by atoms with van der Waals surface area (Å²) < 4.78 is 5.12. The number of nitrogens with one attached hydrogen (secondary N) is 1. The number of carbonyl (C=O) groups is 3. The number of aryl methyl sites for hydroxylation is 1. The van der Waals surface area contributed by atoms with Gasteiger partial charge in [-0.25, -0.2) is 4.79 Å². The Morgan fingerprint density at radius 2 is 1.95 bits per heavy atom. The zero-order valence-electron chi connectivity index (χ0n) is 12.3. The van der Waals surface area contributed by atoms with E-state index in [9.17, 15) is 14.4 Å². The van der Waals surface area contributed by atoms with Crippen LogP contribution in [0.3, 0.4) is 0 Å². The summed E-state index contributed by atoms with van der Waals surface area (Å²) in [6, 6.07) is 6.96. The van der Waals surface area contributed by atoms with Gasteiger partial charge in [0, 0.05) is 0 Å². The molecule has 0 aliphatic carbocycles. The SMILES string of the molecule is Cc1ccccc1COC(=O)CN1C(=O)NC(C)(C)C1=O. The van der Waals surface area contributed by atoms with E-state index >= 15 is 0 Å². The van der Waals surface area contributed by atoms with Crippen molar-refractivity contribution in [2.45, 2.75) is 32.9 Å². The summed E-state index contributed by atoms with van der Waals surface area (Å²) in [5.74, 6) is -1.04. The number of urea groups is 1.